The van der Waals surface area contributed by atoms with Crippen LogP contribution in [0.2, 0.25) is 0 Å². The van der Waals surface area contributed by atoms with Gasteiger partial charge >= 0.3 is 0 Å². The van der Waals surface area contributed by atoms with Gasteiger partial charge in [-0.1, -0.05) is 11.3 Å². The number of carbonyl (C=O) groups is 1. The zero-order chi connectivity index (χ0) is 26.2. The van der Waals surface area contributed by atoms with Gasteiger partial charge < -0.3 is 19.3 Å². The molecule has 3 aromatic rings. The van der Waals surface area contributed by atoms with E-state index >= 15 is 0 Å². The van der Waals surface area contributed by atoms with E-state index in [2.05, 4.69) is 4.90 Å². The van der Waals surface area contributed by atoms with Crippen LogP contribution in [0.1, 0.15) is 31.1 Å². The molecule has 0 bridgehead atoms. The molecule has 1 aromatic heterocycles. The number of thiazole rings is 1. The molecule has 0 radical (unpaired) electrons. The van der Waals surface area contributed by atoms with E-state index in [1.807, 2.05) is 43.9 Å². The molecule has 0 saturated carbocycles. The van der Waals surface area contributed by atoms with Crippen LogP contribution in [0.3, 0.4) is 0 Å². The first-order valence-corrected chi connectivity index (χ1v) is 14.8. The Labute approximate surface area is 221 Å². The van der Waals surface area contributed by atoms with Crippen LogP contribution in [-0.2, 0) is 14.8 Å². The Bertz CT molecular complexity index is 1360. The van der Waals surface area contributed by atoms with Gasteiger partial charge in [0.2, 0.25) is 10.0 Å². The number of piperazine rings is 1. The number of carbonyl (C=O) groups excluding carboxylic acids is 1. The second-order valence-corrected chi connectivity index (χ2v) is 12.4. The van der Waals surface area contributed by atoms with Crippen LogP contribution in [0, 0.1) is 0 Å². The molecule has 0 N–H and O–H groups in total. The summed E-state index contributed by atoms with van der Waals surface area (Å²) in [6, 6.07) is 12.2. The number of aromatic nitrogens is 1. The fourth-order valence-electron chi connectivity index (χ4n) is 4.81. The number of sulfonamides is 1. The Hall–Kier alpha value is -2.73. The second-order valence-electron chi connectivity index (χ2n) is 9.44. The van der Waals surface area contributed by atoms with Crippen molar-refractivity contribution in [2.45, 2.75) is 37.9 Å². The maximum Gasteiger partial charge on any atom is 0.253 e. The fraction of sp³-hybridized carbons (Fsp3) is 0.462. The van der Waals surface area contributed by atoms with Crippen LogP contribution in [-0.4, -0.2) is 86.6 Å². The first-order valence-electron chi connectivity index (χ1n) is 12.6. The predicted molar refractivity (Wildman–Crippen MR) is 144 cm³/mol. The van der Waals surface area contributed by atoms with Crippen molar-refractivity contribution in [3.8, 4) is 5.75 Å². The summed E-state index contributed by atoms with van der Waals surface area (Å²) in [6.45, 7) is 9.48. The number of nitrogens with zero attached hydrogens (tertiary/aromatic N) is 4. The summed E-state index contributed by atoms with van der Waals surface area (Å²) in [5.74, 6) is 0.747. The van der Waals surface area contributed by atoms with Crippen LogP contribution in [0.4, 0.5) is 5.13 Å². The Morgan fingerprint density at radius 3 is 2.38 bits per heavy atom. The molecule has 0 spiro atoms. The molecular weight excluding hydrogens is 512 g/mol. The lowest BCUT2D eigenvalue weighted by Gasteiger charge is -2.35. The molecule has 2 fully saturated rings. The largest absolute Gasteiger partial charge is 0.494 e. The lowest BCUT2D eigenvalue weighted by Crippen LogP contribution is -2.48. The molecule has 9 nitrogen and oxygen atoms in total. The third-order valence-corrected chi connectivity index (χ3v) is 9.55. The maximum atomic E-state index is 13.1. The number of hydrogen-bond acceptors (Lipinski definition) is 8. The van der Waals surface area contributed by atoms with Gasteiger partial charge in [0.05, 0.1) is 33.9 Å². The Balaban J connectivity index is 1.22. The molecule has 1 amide bonds. The molecule has 2 atom stereocenters. The highest BCUT2D eigenvalue weighted by Gasteiger charge is 2.32. The quantitative estimate of drug-likeness (QED) is 0.469. The minimum Gasteiger partial charge on any atom is -0.494 e. The molecule has 198 valence electrons. The molecule has 3 heterocycles. The van der Waals surface area contributed by atoms with Crippen LogP contribution >= 0.6 is 11.3 Å². The van der Waals surface area contributed by atoms with Crippen molar-refractivity contribution < 1.29 is 22.7 Å². The van der Waals surface area contributed by atoms with Crippen molar-refractivity contribution in [1.29, 1.82) is 0 Å². The van der Waals surface area contributed by atoms with Crippen LogP contribution in [0.15, 0.2) is 47.4 Å². The second kappa shape index (κ2) is 10.6. The van der Waals surface area contributed by atoms with Gasteiger partial charge in [-0.05, 0) is 63.2 Å². The zero-order valence-corrected chi connectivity index (χ0v) is 22.9. The summed E-state index contributed by atoms with van der Waals surface area (Å²) in [4.78, 5) is 22.1. The SMILES string of the molecule is CCOc1ccc2nc(N3CCN(C(=O)c4ccc(S(=O)(=O)N5CC(C)OC(C)C5)cc4)CC3)sc2c1. The van der Waals surface area contributed by atoms with Crippen LogP contribution in [0.25, 0.3) is 10.2 Å². The highest BCUT2D eigenvalue weighted by atomic mass is 32.2. The van der Waals surface area contributed by atoms with Crippen LogP contribution < -0.4 is 9.64 Å². The number of benzene rings is 2. The summed E-state index contributed by atoms with van der Waals surface area (Å²) in [7, 11) is -3.64. The molecule has 0 aliphatic carbocycles. The summed E-state index contributed by atoms with van der Waals surface area (Å²) >= 11 is 1.63. The van der Waals surface area contributed by atoms with Gasteiger partial charge in [-0.3, -0.25) is 4.79 Å². The molecule has 37 heavy (non-hydrogen) atoms. The number of hydrogen-bond donors (Lipinski definition) is 0. The molecule has 2 unspecified atom stereocenters. The van der Waals surface area contributed by atoms with Gasteiger partial charge in [0, 0.05) is 44.8 Å². The van der Waals surface area contributed by atoms with Crippen molar-refractivity contribution in [1.82, 2.24) is 14.2 Å². The number of ether oxygens (including phenoxy) is 2. The molecule has 2 saturated heterocycles. The minimum atomic E-state index is -3.64. The van der Waals surface area contributed by atoms with E-state index in [4.69, 9.17) is 14.5 Å². The summed E-state index contributed by atoms with van der Waals surface area (Å²) in [5.41, 5.74) is 1.43. The van der Waals surface area contributed by atoms with E-state index in [9.17, 15) is 13.2 Å². The number of anilines is 1. The van der Waals surface area contributed by atoms with Crippen molar-refractivity contribution in [3.63, 3.8) is 0 Å². The standard InChI is InChI=1S/C26H32N4O5S2/c1-4-34-21-7-10-23-24(15-21)36-26(27-23)29-13-11-28(12-14-29)25(31)20-5-8-22(9-6-20)37(32,33)30-16-18(2)35-19(3)17-30/h5-10,15,18-19H,4,11-14,16-17H2,1-3H3. The molecular formula is C26H32N4O5S2. The van der Waals surface area contributed by atoms with E-state index in [0.29, 0.717) is 51.4 Å². The van der Waals surface area contributed by atoms with Gasteiger partial charge in [0.1, 0.15) is 5.75 Å². The van der Waals surface area contributed by atoms with Crippen molar-refractivity contribution in [3.05, 3.63) is 48.0 Å². The average molecular weight is 545 g/mol. The molecule has 2 aromatic carbocycles. The summed E-state index contributed by atoms with van der Waals surface area (Å²) in [5, 5.41) is 0.942. The van der Waals surface area contributed by atoms with Gasteiger partial charge in [0.25, 0.3) is 5.91 Å². The van der Waals surface area contributed by atoms with E-state index < -0.39 is 10.0 Å². The Morgan fingerprint density at radius 2 is 1.73 bits per heavy atom. The summed E-state index contributed by atoms with van der Waals surface area (Å²) in [6.07, 6.45) is -0.318. The predicted octanol–water partition coefficient (Wildman–Crippen LogP) is 3.46. The number of morpholine rings is 1. The highest BCUT2D eigenvalue weighted by Crippen LogP contribution is 2.32. The van der Waals surface area contributed by atoms with Crippen molar-refractivity contribution in [2.24, 2.45) is 0 Å². The Kier molecular flexibility index (Phi) is 7.39. The van der Waals surface area contributed by atoms with Crippen LogP contribution in [0.5, 0.6) is 5.75 Å². The summed E-state index contributed by atoms with van der Waals surface area (Å²) < 4.78 is 40.0. The normalized spacial score (nSPS) is 21.4. The molecule has 5 rings (SSSR count). The van der Waals surface area contributed by atoms with Gasteiger partial charge in [-0.25, -0.2) is 13.4 Å². The first kappa shape index (κ1) is 25.9. The minimum absolute atomic E-state index is 0.0946. The van der Waals surface area contributed by atoms with E-state index in [-0.39, 0.29) is 23.0 Å². The highest BCUT2D eigenvalue weighted by molar-refractivity contribution is 7.89. The van der Waals surface area contributed by atoms with E-state index in [1.54, 1.807) is 23.5 Å². The third-order valence-electron chi connectivity index (χ3n) is 6.62. The average Bonchev–Trinajstić information content (AvgIpc) is 3.32. The van der Waals surface area contributed by atoms with Gasteiger partial charge in [-0.2, -0.15) is 4.31 Å². The lowest BCUT2D eigenvalue weighted by molar-refractivity contribution is -0.0440. The maximum absolute atomic E-state index is 13.1. The van der Waals surface area contributed by atoms with E-state index in [0.717, 1.165) is 21.1 Å². The molecule has 2 aliphatic heterocycles. The van der Waals surface area contributed by atoms with Crippen molar-refractivity contribution in [2.75, 3.05) is 50.8 Å². The monoisotopic (exact) mass is 544 g/mol. The lowest BCUT2D eigenvalue weighted by atomic mass is 10.2. The number of fused-ring (bicyclic) bond motifs is 1. The number of rotatable bonds is 6. The topological polar surface area (TPSA) is 92.3 Å². The number of amides is 1. The smallest absolute Gasteiger partial charge is 0.253 e. The van der Waals surface area contributed by atoms with Crippen molar-refractivity contribution >= 4 is 42.6 Å². The third kappa shape index (κ3) is 5.45. The molecule has 2 aliphatic rings. The Morgan fingerprint density at radius 1 is 1.05 bits per heavy atom. The first-order chi connectivity index (χ1) is 17.7. The van der Waals surface area contributed by atoms with E-state index in [1.165, 1.54) is 16.4 Å². The zero-order valence-electron chi connectivity index (χ0n) is 21.3. The molecule has 11 heteroatoms. The van der Waals surface area contributed by atoms with Gasteiger partial charge in [-0.15, -0.1) is 0 Å². The fourth-order valence-corrected chi connectivity index (χ4v) is 7.45. The van der Waals surface area contributed by atoms with Gasteiger partial charge in [0.15, 0.2) is 5.13 Å².